The second-order valence-corrected chi connectivity index (χ2v) is 13.6. The molecule has 0 aromatic heterocycles. The normalized spacial score (nSPS) is 12.6. The van der Waals surface area contributed by atoms with E-state index in [-0.39, 0.29) is 23.3 Å². The van der Waals surface area contributed by atoms with E-state index in [9.17, 15) is 18.0 Å². The zero-order valence-electron chi connectivity index (χ0n) is 25.2. The number of carbonyl (C=O) groups excluding carboxylic acids is 2. The smallest absolute Gasteiger partial charge is 0.264 e. The lowest BCUT2D eigenvalue weighted by Crippen LogP contribution is -2.55. The van der Waals surface area contributed by atoms with Crippen LogP contribution in [0.2, 0.25) is 0 Å². The molecule has 1 atom stereocenters. The average Bonchev–Trinajstić information content (AvgIpc) is 2.91. The van der Waals surface area contributed by atoms with Gasteiger partial charge in [-0.25, -0.2) is 8.42 Å². The molecule has 41 heavy (non-hydrogen) atoms. The molecule has 0 fully saturated rings. The number of benzene rings is 3. The van der Waals surface area contributed by atoms with E-state index in [4.69, 9.17) is 0 Å². The minimum Gasteiger partial charge on any atom is -0.350 e. The van der Waals surface area contributed by atoms with Gasteiger partial charge in [-0.3, -0.25) is 13.9 Å². The molecular formula is C33H43N3O4S. The van der Waals surface area contributed by atoms with Crippen molar-refractivity contribution in [3.63, 3.8) is 0 Å². The van der Waals surface area contributed by atoms with E-state index in [1.165, 1.54) is 4.90 Å². The molecule has 0 unspecified atom stereocenters. The van der Waals surface area contributed by atoms with Crippen LogP contribution in [0.15, 0.2) is 83.8 Å². The Hall–Kier alpha value is -3.65. The van der Waals surface area contributed by atoms with Crippen LogP contribution in [0.5, 0.6) is 0 Å². The van der Waals surface area contributed by atoms with Gasteiger partial charge in [-0.2, -0.15) is 0 Å². The van der Waals surface area contributed by atoms with Crippen LogP contribution in [-0.2, 0) is 26.2 Å². The Bertz CT molecular complexity index is 1410. The summed E-state index contributed by atoms with van der Waals surface area (Å²) in [6.45, 7) is 13.2. The number of rotatable bonds is 11. The molecule has 220 valence electrons. The number of carbonyl (C=O) groups is 2. The van der Waals surface area contributed by atoms with Crippen LogP contribution in [-0.4, -0.2) is 43.3 Å². The number of nitrogens with zero attached hydrogens (tertiary/aromatic N) is 2. The maximum absolute atomic E-state index is 14.1. The fourth-order valence-electron chi connectivity index (χ4n) is 4.54. The highest BCUT2D eigenvalue weighted by Crippen LogP contribution is 2.27. The molecule has 0 aliphatic rings. The summed E-state index contributed by atoms with van der Waals surface area (Å²) in [5.41, 5.74) is 2.72. The van der Waals surface area contributed by atoms with E-state index in [0.717, 1.165) is 21.0 Å². The van der Waals surface area contributed by atoms with Gasteiger partial charge in [0.1, 0.15) is 12.6 Å². The average molecular weight is 578 g/mol. The van der Waals surface area contributed by atoms with Gasteiger partial charge in [0.25, 0.3) is 10.0 Å². The highest BCUT2D eigenvalue weighted by atomic mass is 32.2. The largest absolute Gasteiger partial charge is 0.350 e. The number of nitrogens with one attached hydrogen (secondary N) is 1. The molecule has 2 amide bonds. The molecule has 0 aliphatic carbocycles. The topological polar surface area (TPSA) is 86.8 Å². The third kappa shape index (κ3) is 8.43. The standard InChI is InChI=1S/C33H43N3O4S/c1-8-30(32(38)34-33(5,6)7)35(22-26-12-10-9-11-13-26)31(37)23-36(28-18-16-27(17-19-28)24(2)3)41(39,40)29-20-14-25(4)15-21-29/h9-21,24,30H,8,22-23H2,1-7H3,(H,34,38)/t30-/m0/s1. The van der Waals surface area contributed by atoms with Crippen LogP contribution in [0, 0.1) is 6.92 Å². The first-order chi connectivity index (χ1) is 19.2. The van der Waals surface area contributed by atoms with Gasteiger partial charge in [-0.1, -0.05) is 80.9 Å². The summed E-state index contributed by atoms with van der Waals surface area (Å²) in [6, 6.07) is 22.4. The van der Waals surface area contributed by atoms with Crippen molar-refractivity contribution in [2.75, 3.05) is 10.8 Å². The second kappa shape index (κ2) is 13.3. The minimum atomic E-state index is -4.10. The number of hydrogen-bond acceptors (Lipinski definition) is 4. The summed E-state index contributed by atoms with van der Waals surface area (Å²) in [7, 11) is -4.10. The van der Waals surface area contributed by atoms with Gasteiger partial charge in [0, 0.05) is 12.1 Å². The van der Waals surface area contributed by atoms with E-state index in [2.05, 4.69) is 19.2 Å². The van der Waals surface area contributed by atoms with Gasteiger partial charge < -0.3 is 10.2 Å². The van der Waals surface area contributed by atoms with Gasteiger partial charge in [-0.15, -0.1) is 0 Å². The van der Waals surface area contributed by atoms with E-state index < -0.39 is 34.1 Å². The molecule has 7 nitrogen and oxygen atoms in total. The molecule has 0 saturated carbocycles. The van der Waals surface area contributed by atoms with Crippen LogP contribution >= 0.6 is 0 Å². The minimum absolute atomic E-state index is 0.0935. The monoisotopic (exact) mass is 577 g/mol. The fourth-order valence-corrected chi connectivity index (χ4v) is 5.96. The lowest BCUT2D eigenvalue weighted by molar-refractivity contribution is -0.141. The van der Waals surface area contributed by atoms with E-state index in [1.54, 1.807) is 36.4 Å². The highest BCUT2D eigenvalue weighted by Gasteiger charge is 2.34. The maximum atomic E-state index is 14.1. The van der Waals surface area contributed by atoms with Crippen molar-refractivity contribution in [3.8, 4) is 0 Å². The third-order valence-electron chi connectivity index (χ3n) is 6.82. The Morgan fingerprint density at radius 3 is 1.98 bits per heavy atom. The Labute approximate surface area is 245 Å². The quantitative estimate of drug-likeness (QED) is 0.301. The van der Waals surface area contributed by atoms with Crippen LogP contribution in [0.25, 0.3) is 0 Å². The molecule has 3 rings (SSSR count). The molecule has 0 aliphatic heterocycles. The van der Waals surface area contributed by atoms with Gasteiger partial charge >= 0.3 is 0 Å². The molecule has 0 spiro atoms. The van der Waals surface area contributed by atoms with Crippen molar-refractivity contribution in [1.82, 2.24) is 10.2 Å². The Morgan fingerprint density at radius 2 is 1.46 bits per heavy atom. The third-order valence-corrected chi connectivity index (χ3v) is 8.60. The van der Waals surface area contributed by atoms with Crippen molar-refractivity contribution in [2.45, 2.75) is 83.8 Å². The zero-order valence-corrected chi connectivity index (χ0v) is 26.0. The summed E-state index contributed by atoms with van der Waals surface area (Å²) < 4.78 is 29.2. The number of sulfonamides is 1. The van der Waals surface area contributed by atoms with Gasteiger partial charge in [0.15, 0.2) is 0 Å². The predicted octanol–water partition coefficient (Wildman–Crippen LogP) is 6.04. The first-order valence-electron chi connectivity index (χ1n) is 14.1. The van der Waals surface area contributed by atoms with Crippen LogP contribution in [0.1, 0.15) is 70.6 Å². The summed E-state index contributed by atoms with van der Waals surface area (Å²) in [5, 5.41) is 2.99. The van der Waals surface area contributed by atoms with E-state index in [1.807, 2.05) is 77.1 Å². The Kier molecular flexibility index (Phi) is 10.4. The number of anilines is 1. The molecule has 8 heteroatoms. The first-order valence-corrected chi connectivity index (χ1v) is 15.5. The molecule has 0 bridgehead atoms. The SMILES string of the molecule is CC[C@@H](C(=O)NC(C)(C)C)N(Cc1ccccc1)C(=O)CN(c1ccc(C(C)C)cc1)S(=O)(=O)c1ccc(C)cc1. The lowest BCUT2D eigenvalue weighted by Gasteiger charge is -2.34. The second-order valence-electron chi connectivity index (χ2n) is 11.7. The van der Waals surface area contributed by atoms with Crippen LogP contribution in [0.3, 0.4) is 0 Å². The Morgan fingerprint density at radius 1 is 0.878 bits per heavy atom. The summed E-state index contributed by atoms with van der Waals surface area (Å²) in [4.78, 5) is 29.1. The van der Waals surface area contributed by atoms with Crippen molar-refractivity contribution in [2.24, 2.45) is 0 Å². The molecule has 0 saturated heterocycles. The zero-order chi connectivity index (χ0) is 30.4. The maximum Gasteiger partial charge on any atom is 0.264 e. The fraction of sp³-hybridized carbons (Fsp3) is 0.394. The number of hydrogen-bond donors (Lipinski definition) is 1. The molecular weight excluding hydrogens is 534 g/mol. The summed E-state index contributed by atoms with van der Waals surface area (Å²) >= 11 is 0. The number of aryl methyl sites for hydroxylation is 1. The molecule has 0 heterocycles. The predicted molar refractivity (Wildman–Crippen MR) is 165 cm³/mol. The molecule has 1 N–H and O–H groups in total. The molecule has 3 aromatic carbocycles. The lowest BCUT2D eigenvalue weighted by atomic mass is 10.0. The van der Waals surface area contributed by atoms with Crippen molar-refractivity contribution in [3.05, 3.63) is 95.6 Å². The van der Waals surface area contributed by atoms with Crippen molar-refractivity contribution < 1.29 is 18.0 Å². The van der Waals surface area contributed by atoms with Gasteiger partial charge in [0.05, 0.1) is 10.6 Å². The van der Waals surface area contributed by atoms with Crippen LogP contribution in [0.4, 0.5) is 5.69 Å². The summed E-state index contributed by atoms with van der Waals surface area (Å²) in [6.07, 6.45) is 0.369. The molecule has 0 radical (unpaired) electrons. The van der Waals surface area contributed by atoms with E-state index in [0.29, 0.717) is 12.1 Å². The van der Waals surface area contributed by atoms with Gasteiger partial charge in [0.2, 0.25) is 11.8 Å². The molecule has 3 aromatic rings. The van der Waals surface area contributed by atoms with Gasteiger partial charge in [-0.05, 0) is 75.4 Å². The number of amides is 2. The highest BCUT2D eigenvalue weighted by molar-refractivity contribution is 7.92. The Balaban J connectivity index is 2.07. The first kappa shape index (κ1) is 31.9. The van der Waals surface area contributed by atoms with E-state index >= 15 is 0 Å². The van der Waals surface area contributed by atoms with Crippen LogP contribution < -0.4 is 9.62 Å². The van der Waals surface area contributed by atoms with Crippen molar-refractivity contribution >= 4 is 27.5 Å². The summed E-state index contributed by atoms with van der Waals surface area (Å²) in [5.74, 6) is -0.479. The van der Waals surface area contributed by atoms with Crippen molar-refractivity contribution in [1.29, 1.82) is 0 Å².